The monoisotopic (exact) mass is 382 g/mol. The highest BCUT2D eigenvalue weighted by atomic mass is 35.5. The molecule has 0 saturated heterocycles. The molecule has 0 fully saturated rings. The Morgan fingerprint density at radius 1 is 1.19 bits per heavy atom. The Labute approximate surface area is 159 Å². The second kappa shape index (κ2) is 12.3. The highest BCUT2D eigenvalue weighted by molar-refractivity contribution is 6.32. The Kier molecular flexibility index (Phi) is 10.4. The van der Waals surface area contributed by atoms with Crippen LogP contribution in [0.15, 0.2) is 18.2 Å². The number of halogens is 2. The van der Waals surface area contributed by atoms with E-state index in [0.717, 1.165) is 18.9 Å². The molecule has 0 amide bonds. The average Bonchev–Trinajstić information content (AvgIpc) is 2.61. The van der Waals surface area contributed by atoms with Gasteiger partial charge in [-0.2, -0.15) is 0 Å². The number of benzene rings is 1. The van der Waals surface area contributed by atoms with Gasteiger partial charge in [-0.05, 0) is 31.4 Å². The number of esters is 2. The van der Waals surface area contributed by atoms with Crippen LogP contribution in [0, 0.1) is 17.7 Å². The summed E-state index contributed by atoms with van der Waals surface area (Å²) in [6, 6.07) is 4.00. The molecular weight excluding hydrogens is 359 g/mol. The summed E-state index contributed by atoms with van der Waals surface area (Å²) in [6.45, 7) is 3.98. The highest BCUT2D eigenvalue weighted by Gasteiger charge is 2.15. The van der Waals surface area contributed by atoms with Crippen LogP contribution >= 0.6 is 11.6 Å². The molecule has 0 aliphatic heterocycles. The van der Waals surface area contributed by atoms with E-state index in [0.29, 0.717) is 12.8 Å². The van der Waals surface area contributed by atoms with Gasteiger partial charge in [0.15, 0.2) is 11.6 Å². The fraction of sp³-hybridized carbons (Fsp3) is 0.500. The molecule has 6 heteroatoms. The zero-order valence-electron chi connectivity index (χ0n) is 15.1. The molecule has 0 aromatic heterocycles. The van der Waals surface area contributed by atoms with E-state index in [4.69, 9.17) is 21.1 Å². The summed E-state index contributed by atoms with van der Waals surface area (Å²) < 4.78 is 23.8. The second-order valence-corrected chi connectivity index (χ2v) is 6.11. The van der Waals surface area contributed by atoms with E-state index in [1.165, 1.54) is 12.1 Å². The van der Waals surface area contributed by atoms with Gasteiger partial charge in [0, 0.05) is 25.7 Å². The van der Waals surface area contributed by atoms with Gasteiger partial charge in [0.05, 0.1) is 5.02 Å². The van der Waals surface area contributed by atoms with Gasteiger partial charge in [0.1, 0.15) is 6.10 Å². The lowest BCUT2D eigenvalue weighted by atomic mass is 10.2. The van der Waals surface area contributed by atoms with Crippen LogP contribution in [0.2, 0.25) is 5.02 Å². The second-order valence-electron chi connectivity index (χ2n) is 5.71. The van der Waals surface area contributed by atoms with E-state index in [-0.39, 0.29) is 42.1 Å². The van der Waals surface area contributed by atoms with Crippen LogP contribution in [-0.2, 0) is 14.3 Å². The van der Waals surface area contributed by atoms with Gasteiger partial charge >= 0.3 is 11.9 Å². The van der Waals surface area contributed by atoms with Gasteiger partial charge in [-0.25, -0.2) is 4.39 Å². The largest absolute Gasteiger partial charge is 0.461 e. The summed E-state index contributed by atoms with van der Waals surface area (Å²) in [5, 5.41) is 0.0210. The molecule has 0 spiro atoms. The van der Waals surface area contributed by atoms with Gasteiger partial charge in [-0.15, -0.1) is 5.92 Å². The highest BCUT2D eigenvalue weighted by Crippen LogP contribution is 2.27. The lowest BCUT2D eigenvalue weighted by molar-refractivity contribution is -0.149. The van der Waals surface area contributed by atoms with Crippen molar-refractivity contribution in [2.75, 3.05) is 0 Å². The van der Waals surface area contributed by atoms with Crippen molar-refractivity contribution in [2.24, 2.45) is 0 Å². The number of ether oxygens (including phenoxy) is 2. The van der Waals surface area contributed by atoms with Gasteiger partial charge < -0.3 is 9.47 Å². The number of hydrogen-bond acceptors (Lipinski definition) is 4. The third-order valence-electron chi connectivity index (χ3n) is 3.48. The number of para-hydroxylation sites is 1. The third-order valence-corrected chi connectivity index (χ3v) is 3.78. The van der Waals surface area contributed by atoms with Crippen LogP contribution in [-0.4, -0.2) is 18.0 Å². The summed E-state index contributed by atoms with van der Waals surface area (Å²) in [4.78, 5) is 23.6. The van der Waals surface area contributed by atoms with Crippen LogP contribution in [0.3, 0.4) is 0 Å². The van der Waals surface area contributed by atoms with Crippen molar-refractivity contribution < 1.29 is 23.5 Å². The predicted octanol–water partition coefficient (Wildman–Crippen LogP) is 5.07. The summed E-state index contributed by atoms with van der Waals surface area (Å²) >= 11 is 5.79. The minimum absolute atomic E-state index is 0.0210. The Bertz CT molecular complexity index is 643. The number of carbonyl (C=O) groups is 2. The lowest BCUT2D eigenvalue weighted by Gasteiger charge is -2.13. The number of hydrogen-bond donors (Lipinski definition) is 0. The van der Waals surface area contributed by atoms with Crippen LogP contribution < -0.4 is 4.74 Å². The number of unbranched alkanes of at least 4 members (excludes halogenated alkanes) is 1. The molecule has 0 radical (unpaired) electrons. The van der Waals surface area contributed by atoms with Crippen LogP contribution in [0.25, 0.3) is 0 Å². The van der Waals surface area contributed by atoms with E-state index in [9.17, 15) is 14.0 Å². The first-order valence-corrected chi connectivity index (χ1v) is 9.15. The summed E-state index contributed by atoms with van der Waals surface area (Å²) in [6.07, 6.45) is 3.08. The first-order chi connectivity index (χ1) is 12.5. The van der Waals surface area contributed by atoms with E-state index in [2.05, 4.69) is 18.8 Å². The smallest absolute Gasteiger partial charge is 0.311 e. The van der Waals surface area contributed by atoms with Crippen molar-refractivity contribution in [1.82, 2.24) is 0 Å². The Hall–Kier alpha value is -2.06. The number of rotatable bonds is 9. The molecule has 0 heterocycles. The molecule has 1 aromatic rings. The molecule has 1 unspecified atom stereocenters. The van der Waals surface area contributed by atoms with Gasteiger partial charge in [0.2, 0.25) is 0 Å². The average molecular weight is 383 g/mol. The van der Waals surface area contributed by atoms with Crippen LogP contribution in [0.5, 0.6) is 5.75 Å². The van der Waals surface area contributed by atoms with E-state index >= 15 is 0 Å². The third kappa shape index (κ3) is 8.35. The lowest BCUT2D eigenvalue weighted by Crippen LogP contribution is -2.17. The van der Waals surface area contributed by atoms with Gasteiger partial charge in [0.25, 0.3) is 0 Å². The molecule has 0 saturated carbocycles. The standard InChI is InChI=1S/C20H24ClFO4/c1-3-5-6-7-10-15(4-2)25-18(23)13-9-14-19(24)26-20-16(21)11-8-12-17(20)22/h8,11-12,15H,3-5,9-10,13-14H2,1-2H3. The molecule has 1 aromatic carbocycles. The SMILES string of the molecule is CCCC#CCC(CC)OC(=O)CCCC(=O)Oc1c(F)cccc1Cl. The molecule has 1 atom stereocenters. The molecule has 26 heavy (non-hydrogen) atoms. The van der Waals surface area contributed by atoms with E-state index in [1.54, 1.807) is 0 Å². The minimum atomic E-state index is -0.708. The Morgan fingerprint density at radius 3 is 2.58 bits per heavy atom. The Balaban J connectivity index is 2.34. The first-order valence-electron chi connectivity index (χ1n) is 8.77. The minimum Gasteiger partial charge on any atom is -0.461 e. The number of carbonyl (C=O) groups excluding carboxylic acids is 2. The van der Waals surface area contributed by atoms with E-state index in [1.807, 2.05) is 6.92 Å². The topological polar surface area (TPSA) is 52.6 Å². The molecule has 0 aliphatic rings. The molecule has 0 bridgehead atoms. The maximum Gasteiger partial charge on any atom is 0.311 e. The summed E-state index contributed by atoms with van der Waals surface area (Å²) in [5.74, 6) is 3.99. The van der Waals surface area contributed by atoms with Crippen LogP contribution in [0.1, 0.15) is 58.8 Å². The quantitative estimate of drug-likeness (QED) is 0.340. The normalized spacial score (nSPS) is 11.2. The first kappa shape index (κ1) is 22.0. The van der Waals surface area contributed by atoms with Crippen molar-refractivity contribution in [3.05, 3.63) is 29.0 Å². The maximum atomic E-state index is 13.5. The summed E-state index contributed by atoms with van der Waals surface area (Å²) in [5.41, 5.74) is 0. The molecule has 1 rings (SSSR count). The van der Waals surface area contributed by atoms with Crippen molar-refractivity contribution in [1.29, 1.82) is 0 Å². The zero-order chi connectivity index (χ0) is 19.4. The molecular formula is C20H24ClFO4. The van der Waals surface area contributed by atoms with E-state index < -0.39 is 11.8 Å². The van der Waals surface area contributed by atoms with Crippen molar-refractivity contribution in [2.45, 2.75) is 64.9 Å². The predicted molar refractivity (Wildman–Crippen MR) is 98.4 cm³/mol. The fourth-order valence-corrected chi connectivity index (χ4v) is 2.24. The molecule has 0 aliphatic carbocycles. The molecule has 4 nitrogen and oxygen atoms in total. The van der Waals surface area contributed by atoms with Crippen molar-refractivity contribution >= 4 is 23.5 Å². The van der Waals surface area contributed by atoms with Crippen molar-refractivity contribution in [3.8, 4) is 17.6 Å². The van der Waals surface area contributed by atoms with Crippen molar-refractivity contribution in [3.63, 3.8) is 0 Å². The van der Waals surface area contributed by atoms with Gasteiger partial charge in [-0.1, -0.05) is 37.4 Å². The zero-order valence-corrected chi connectivity index (χ0v) is 15.9. The maximum absolute atomic E-state index is 13.5. The molecule has 142 valence electrons. The van der Waals surface area contributed by atoms with Gasteiger partial charge in [-0.3, -0.25) is 9.59 Å². The fourth-order valence-electron chi connectivity index (χ4n) is 2.04. The molecule has 0 N–H and O–H groups in total. The summed E-state index contributed by atoms with van der Waals surface area (Å²) in [7, 11) is 0. The Morgan fingerprint density at radius 2 is 1.92 bits per heavy atom. The van der Waals surface area contributed by atoms with Crippen LogP contribution in [0.4, 0.5) is 4.39 Å².